The van der Waals surface area contributed by atoms with Gasteiger partial charge in [-0.05, 0) is 43.2 Å². The van der Waals surface area contributed by atoms with Crippen molar-refractivity contribution in [1.29, 1.82) is 5.26 Å². The Hall–Kier alpha value is -3.04. The van der Waals surface area contributed by atoms with Gasteiger partial charge < -0.3 is 5.32 Å². The zero-order valence-electron chi connectivity index (χ0n) is 15.2. The number of hydrogen-bond donors (Lipinski definition) is 1. The van der Waals surface area contributed by atoms with Gasteiger partial charge in [-0.3, -0.25) is 9.36 Å². The van der Waals surface area contributed by atoms with Crippen molar-refractivity contribution in [3.8, 4) is 11.8 Å². The predicted octanol–water partition coefficient (Wildman–Crippen LogP) is 4.02. The van der Waals surface area contributed by atoms with Crippen LogP contribution in [0.15, 0.2) is 66.1 Å². The standard InChI is InChI=1S/C21H20N4OS/c1-15-5-3-4-6-19(15)25-12-11-23-21(25)27-14-20(26)24-16(2)18-9-7-17(13-22)8-10-18/h3-12,16H,14H2,1-2H3,(H,24,26). The second-order valence-electron chi connectivity index (χ2n) is 6.18. The lowest BCUT2D eigenvalue weighted by atomic mass is 10.1. The van der Waals surface area contributed by atoms with E-state index in [9.17, 15) is 4.79 Å². The molecular weight excluding hydrogens is 356 g/mol. The van der Waals surface area contributed by atoms with Crippen LogP contribution in [0, 0.1) is 18.3 Å². The quantitative estimate of drug-likeness (QED) is 0.660. The number of nitrogens with zero attached hydrogens (tertiary/aromatic N) is 3. The molecule has 5 nitrogen and oxygen atoms in total. The number of amides is 1. The van der Waals surface area contributed by atoms with Crippen LogP contribution >= 0.6 is 11.8 Å². The van der Waals surface area contributed by atoms with Crippen LogP contribution in [0.25, 0.3) is 5.69 Å². The lowest BCUT2D eigenvalue weighted by Crippen LogP contribution is -2.28. The largest absolute Gasteiger partial charge is 0.349 e. The SMILES string of the molecule is Cc1ccccc1-n1ccnc1SCC(=O)NC(C)c1ccc(C#N)cc1. The molecule has 136 valence electrons. The van der Waals surface area contributed by atoms with Crippen molar-refractivity contribution in [2.24, 2.45) is 0 Å². The van der Waals surface area contributed by atoms with Crippen molar-refractivity contribution in [3.63, 3.8) is 0 Å². The lowest BCUT2D eigenvalue weighted by Gasteiger charge is -2.14. The average Bonchev–Trinajstić information content (AvgIpc) is 3.15. The van der Waals surface area contributed by atoms with E-state index in [1.807, 2.05) is 48.0 Å². The van der Waals surface area contributed by atoms with Crippen LogP contribution in [-0.4, -0.2) is 21.2 Å². The monoisotopic (exact) mass is 376 g/mol. The first kappa shape index (κ1) is 18.7. The van der Waals surface area contributed by atoms with Crippen molar-refractivity contribution in [2.45, 2.75) is 25.0 Å². The molecule has 1 unspecified atom stereocenters. The molecule has 3 rings (SSSR count). The summed E-state index contributed by atoms with van der Waals surface area (Å²) >= 11 is 1.41. The Morgan fingerprint density at radius 3 is 2.70 bits per heavy atom. The number of aryl methyl sites for hydroxylation is 1. The summed E-state index contributed by atoms with van der Waals surface area (Å²) in [5.41, 5.74) is 3.78. The maximum absolute atomic E-state index is 12.3. The first-order valence-electron chi connectivity index (χ1n) is 8.60. The van der Waals surface area contributed by atoms with Crippen molar-refractivity contribution in [3.05, 3.63) is 77.6 Å². The highest BCUT2D eigenvalue weighted by Gasteiger charge is 2.13. The van der Waals surface area contributed by atoms with Gasteiger partial charge in [0.2, 0.25) is 5.91 Å². The number of thioether (sulfide) groups is 1. The lowest BCUT2D eigenvalue weighted by molar-refractivity contribution is -0.119. The Balaban J connectivity index is 1.61. The highest BCUT2D eigenvalue weighted by Crippen LogP contribution is 2.22. The smallest absolute Gasteiger partial charge is 0.230 e. The third-order valence-corrected chi connectivity index (χ3v) is 5.20. The summed E-state index contributed by atoms with van der Waals surface area (Å²) in [7, 11) is 0. The van der Waals surface area contributed by atoms with Crippen molar-refractivity contribution >= 4 is 17.7 Å². The zero-order valence-corrected chi connectivity index (χ0v) is 16.0. The van der Waals surface area contributed by atoms with Gasteiger partial charge in [-0.25, -0.2) is 4.98 Å². The second-order valence-corrected chi connectivity index (χ2v) is 7.12. The van der Waals surface area contributed by atoms with Gasteiger partial charge in [0.05, 0.1) is 29.1 Å². The van der Waals surface area contributed by atoms with E-state index in [1.165, 1.54) is 11.8 Å². The van der Waals surface area contributed by atoms with Gasteiger partial charge in [0.1, 0.15) is 0 Å². The summed E-state index contributed by atoms with van der Waals surface area (Å²) in [6.07, 6.45) is 3.65. The molecule has 1 atom stereocenters. The number of hydrogen-bond acceptors (Lipinski definition) is 4. The summed E-state index contributed by atoms with van der Waals surface area (Å²) in [5.74, 6) is 0.222. The highest BCUT2D eigenvalue weighted by atomic mass is 32.2. The Kier molecular flexibility index (Phi) is 5.94. The fourth-order valence-electron chi connectivity index (χ4n) is 2.76. The van der Waals surface area contributed by atoms with Gasteiger partial charge in [-0.2, -0.15) is 5.26 Å². The molecule has 0 bridgehead atoms. The van der Waals surface area contributed by atoms with Crippen LogP contribution in [0.3, 0.4) is 0 Å². The molecule has 0 saturated heterocycles. The molecule has 2 aromatic carbocycles. The molecule has 1 N–H and O–H groups in total. The number of nitrogens with one attached hydrogen (secondary N) is 1. The van der Waals surface area contributed by atoms with Crippen LogP contribution < -0.4 is 5.32 Å². The fraction of sp³-hybridized carbons (Fsp3) is 0.190. The second kappa shape index (κ2) is 8.56. The van der Waals surface area contributed by atoms with Gasteiger partial charge in [-0.15, -0.1) is 0 Å². The summed E-state index contributed by atoms with van der Waals surface area (Å²) in [5, 5.41) is 12.6. The number of rotatable bonds is 6. The molecule has 1 aromatic heterocycles. The summed E-state index contributed by atoms with van der Waals surface area (Å²) in [4.78, 5) is 16.7. The summed E-state index contributed by atoms with van der Waals surface area (Å²) in [6, 6.07) is 17.3. The molecule has 0 spiro atoms. The molecule has 1 amide bonds. The number of imidazole rings is 1. The molecular formula is C21H20N4OS. The molecule has 0 aliphatic carbocycles. The third kappa shape index (κ3) is 4.57. The van der Waals surface area contributed by atoms with Crippen LogP contribution in [0.4, 0.5) is 0 Å². The number of aromatic nitrogens is 2. The number of carbonyl (C=O) groups excluding carboxylic acids is 1. The minimum atomic E-state index is -0.123. The van der Waals surface area contributed by atoms with E-state index in [-0.39, 0.29) is 17.7 Å². The van der Waals surface area contributed by atoms with E-state index in [0.717, 1.165) is 22.0 Å². The Morgan fingerprint density at radius 2 is 2.00 bits per heavy atom. The van der Waals surface area contributed by atoms with Crippen molar-refractivity contribution < 1.29 is 4.79 Å². The molecule has 27 heavy (non-hydrogen) atoms. The summed E-state index contributed by atoms with van der Waals surface area (Å²) in [6.45, 7) is 3.98. The summed E-state index contributed by atoms with van der Waals surface area (Å²) < 4.78 is 2.00. The third-order valence-electron chi connectivity index (χ3n) is 4.23. The average molecular weight is 376 g/mol. The molecule has 0 saturated carbocycles. The van der Waals surface area contributed by atoms with Crippen LogP contribution in [0.2, 0.25) is 0 Å². The molecule has 1 heterocycles. The molecule has 3 aromatic rings. The van der Waals surface area contributed by atoms with Gasteiger partial charge in [0, 0.05) is 12.4 Å². The first-order chi connectivity index (χ1) is 13.1. The number of benzene rings is 2. The van der Waals surface area contributed by atoms with Gasteiger partial charge >= 0.3 is 0 Å². The van der Waals surface area contributed by atoms with E-state index < -0.39 is 0 Å². The van der Waals surface area contributed by atoms with Crippen LogP contribution in [0.5, 0.6) is 0 Å². The minimum Gasteiger partial charge on any atom is -0.349 e. The van der Waals surface area contributed by atoms with E-state index >= 15 is 0 Å². The van der Waals surface area contributed by atoms with E-state index in [4.69, 9.17) is 5.26 Å². The van der Waals surface area contributed by atoms with Crippen molar-refractivity contribution in [2.75, 3.05) is 5.75 Å². The Labute approximate surface area is 163 Å². The molecule has 6 heteroatoms. The fourth-order valence-corrected chi connectivity index (χ4v) is 3.53. The van der Waals surface area contributed by atoms with E-state index in [0.29, 0.717) is 5.56 Å². The first-order valence-corrected chi connectivity index (χ1v) is 9.58. The normalized spacial score (nSPS) is 11.6. The molecule has 0 aliphatic rings. The van der Waals surface area contributed by atoms with Gasteiger partial charge in [-0.1, -0.05) is 42.1 Å². The predicted molar refractivity (Wildman–Crippen MR) is 107 cm³/mol. The topological polar surface area (TPSA) is 70.7 Å². The molecule has 0 fully saturated rings. The van der Waals surface area contributed by atoms with Gasteiger partial charge in [0.25, 0.3) is 0 Å². The highest BCUT2D eigenvalue weighted by molar-refractivity contribution is 7.99. The minimum absolute atomic E-state index is 0.0591. The Morgan fingerprint density at radius 1 is 1.26 bits per heavy atom. The van der Waals surface area contributed by atoms with Crippen molar-refractivity contribution in [1.82, 2.24) is 14.9 Å². The molecule has 0 radical (unpaired) electrons. The maximum Gasteiger partial charge on any atom is 0.230 e. The van der Waals surface area contributed by atoms with E-state index in [1.54, 1.807) is 18.3 Å². The van der Waals surface area contributed by atoms with E-state index in [2.05, 4.69) is 29.4 Å². The van der Waals surface area contributed by atoms with Crippen LogP contribution in [0.1, 0.15) is 29.7 Å². The van der Waals surface area contributed by atoms with Crippen LogP contribution in [-0.2, 0) is 4.79 Å². The van der Waals surface area contributed by atoms with Gasteiger partial charge in [0.15, 0.2) is 5.16 Å². The number of para-hydroxylation sites is 1. The number of carbonyl (C=O) groups is 1. The molecule has 0 aliphatic heterocycles. The maximum atomic E-state index is 12.3. The zero-order chi connectivity index (χ0) is 19.2. The number of nitriles is 1. The Bertz CT molecular complexity index is 972.